The molecule has 0 aromatic carbocycles. The largest absolute Gasteiger partial charge is 0.330 e. The molecule has 1 rings (SSSR count). The lowest BCUT2D eigenvalue weighted by Crippen LogP contribution is -2.38. The van der Waals surface area contributed by atoms with E-state index in [0.717, 1.165) is 31.9 Å². The van der Waals surface area contributed by atoms with Crippen LogP contribution in [-0.2, 0) is 6.54 Å². The van der Waals surface area contributed by atoms with Gasteiger partial charge in [0.2, 0.25) is 0 Å². The number of hydrogen-bond acceptors (Lipinski definition) is 3. The molecule has 0 amide bonds. The highest BCUT2D eigenvalue weighted by Crippen LogP contribution is 2.16. The van der Waals surface area contributed by atoms with E-state index in [1.165, 1.54) is 5.56 Å². The van der Waals surface area contributed by atoms with Crippen molar-refractivity contribution >= 4 is 0 Å². The van der Waals surface area contributed by atoms with Gasteiger partial charge in [-0.05, 0) is 37.1 Å². The van der Waals surface area contributed by atoms with Crippen molar-refractivity contribution in [3.63, 3.8) is 0 Å². The van der Waals surface area contributed by atoms with Crippen LogP contribution >= 0.6 is 0 Å². The third-order valence-electron chi connectivity index (χ3n) is 3.03. The summed E-state index contributed by atoms with van der Waals surface area (Å²) in [6.07, 6.45) is 1.97. The molecule has 0 bridgehead atoms. The summed E-state index contributed by atoms with van der Waals surface area (Å²) in [5, 5.41) is 0. The molecule has 1 aromatic heterocycles. The standard InChI is InChI=1S/C14H25N3/c1-5-17(11-14(3,4)10-15)9-13-7-6-12(2)16-8-13/h6-8H,5,9-11,15H2,1-4H3. The average Bonchev–Trinajstić information content (AvgIpc) is 2.31. The fraction of sp³-hybridized carbons (Fsp3) is 0.643. The minimum atomic E-state index is 0.175. The van der Waals surface area contributed by atoms with Gasteiger partial charge < -0.3 is 5.73 Å². The molecular weight excluding hydrogens is 210 g/mol. The van der Waals surface area contributed by atoms with E-state index < -0.39 is 0 Å². The van der Waals surface area contributed by atoms with Gasteiger partial charge >= 0.3 is 0 Å². The normalized spacial score (nSPS) is 12.1. The third-order valence-corrected chi connectivity index (χ3v) is 3.03. The molecule has 3 heteroatoms. The summed E-state index contributed by atoms with van der Waals surface area (Å²) in [4.78, 5) is 6.75. The topological polar surface area (TPSA) is 42.2 Å². The molecule has 0 aliphatic rings. The van der Waals surface area contributed by atoms with Crippen molar-refractivity contribution < 1.29 is 0 Å². The molecule has 0 aliphatic carbocycles. The van der Waals surface area contributed by atoms with E-state index in [9.17, 15) is 0 Å². The minimum absolute atomic E-state index is 0.175. The van der Waals surface area contributed by atoms with Crippen molar-refractivity contribution in [1.82, 2.24) is 9.88 Å². The van der Waals surface area contributed by atoms with E-state index in [4.69, 9.17) is 5.73 Å². The fourth-order valence-corrected chi connectivity index (χ4v) is 1.80. The zero-order valence-corrected chi connectivity index (χ0v) is 11.5. The van der Waals surface area contributed by atoms with Crippen LogP contribution in [0.1, 0.15) is 32.0 Å². The van der Waals surface area contributed by atoms with Crippen LogP contribution in [0.15, 0.2) is 18.3 Å². The van der Waals surface area contributed by atoms with Crippen molar-refractivity contribution in [1.29, 1.82) is 0 Å². The smallest absolute Gasteiger partial charge is 0.0372 e. The van der Waals surface area contributed by atoms with E-state index in [-0.39, 0.29) is 5.41 Å². The second-order valence-corrected chi connectivity index (χ2v) is 5.48. The first-order chi connectivity index (χ1) is 7.96. The van der Waals surface area contributed by atoms with Gasteiger partial charge in [0.25, 0.3) is 0 Å². The van der Waals surface area contributed by atoms with Crippen LogP contribution in [0.3, 0.4) is 0 Å². The van der Waals surface area contributed by atoms with E-state index in [1.807, 2.05) is 13.1 Å². The second kappa shape index (κ2) is 6.12. The lowest BCUT2D eigenvalue weighted by molar-refractivity contribution is 0.183. The van der Waals surface area contributed by atoms with Crippen LogP contribution in [0.4, 0.5) is 0 Å². The zero-order valence-electron chi connectivity index (χ0n) is 11.5. The van der Waals surface area contributed by atoms with Gasteiger partial charge in [-0.3, -0.25) is 9.88 Å². The highest BCUT2D eigenvalue weighted by atomic mass is 15.1. The predicted octanol–water partition coefficient (Wildman–Crippen LogP) is 2.20. The van der Waals surface area contributed by atoms with Crippen molar-refractivity contribution in [2.75, 3.05) is 19.6 Å². The Morgan fingerprint density at radius 3 is 2.53 bits per heavy atom. The van der Waals surface area contributed by atoms with E-state index in [0.29, 0.717) is 0 Å². The second-order valence-electron chi connectivity index (χ2n) is 5.48. The molecule has 0 radical (unpaired) electrons. The van der Waals surface area contributed by atoms with Crippen molar-refractivity contribution in [3.8, 4) is 0 Å². The summed E-state index contributed by atoms with van der Waals surface area (Å²) in [5.74, 6) is 0. The highest BCUT2D eigenvalue weighted by Gasteiger charge is 2.19. The molecule has 0 atom stereocenters. The first kappa shape index (κ1) is 14.1. The zero-order chi connectivity index (χ0) is 12.9. The number of rotatable bonds is 6. The fourth-order valence-electron chi connectivity index (χ4n) is 1.80. The molecule has 0 unspecified atom stereocenters. The molecule has 17 heavy (non-hydrogen) atoms. The Bertz CT molecular complexity index is 330. The van der Waals surface area contributed by atoms with Crippen LogP contribution in [0.5, 0.6) is 0 Å². The maximum absolute atomic E-state index is 5.78. The molecule has 0 spiro atoms. The van der Waals surface area contributed by atoms with E-state index >= 15 is 0 Å². The SMILES string of the molecule is CCN(Cc1ccc(C)nc1)CC(C)(C)CN. The van der Waals surface area contributed by atoms with Crippen molar-refractivity contribution in [2.24, 2.45) is 11.1 Å². The molecule has 0 fully saturated rings. The van der Waals surface area contributed by atoms with Crippen LogP contribution in [0, 0.1) is 12.3 Å². The number of hydrogen-bond donors (Lipinski definition) is 1. The first-order valence-electron chi connectivity index (χ1n) is 6.31. The predicted molar refractivity (Wildman–Crippen MR) is 72.8 cm³/mol. The first-order valence-corrected chi connectivity index (χ1v) is 6.31. The minimum Gasteiger partial charge on any atom is -0.330 e. The molecule has 1 heterocycles. The van der Waals surface area contributed by atoms with Crippen LogP contribution in [0.25, 0.3) is 0 Å². The average molecular weight is 235 g/mol. The molecule has 0 saturated carbocycles. The Hall–Kier alpha value is -0.930. The molecule has 0 aliphatic heterocycles. The Morgan fingerprint density at radius 2 is 2.06 bits per heavy atom. The molecular formula is C14H25N3. The summed E-state index contributed by atoms with van der Waals surface area (Å²) in [6, 6.07) is 4.22. The highest BCUT2D eigenvalue weighted by molar-refractivity contribution is 5.13. The molecule has 3 nitrogen and oxygen atoms in total. The Labute approximate surface area is 105 Å². The number of aromatic nitrogens is 1. The van der Waals surface area contributed by atoms with E-state index in [2.05, 4.69) is 42.8 Å². The van der Waals surface area contributed by atoms with Gasteiger partial charge in [0.05, 0.1) is 0 Å². The van der Waals surface area contributed by atoms with Gasteiger partial charge in [-0.25, -0.2) is 0 Å². The van der Waals surface area contributed by atoms with Crippen LogP contribution in [-0.4, -0.2) is 29.5 Å². The molecule has 96 valence electrons. The number of pyridine rings is 1. The number of nitrogens with zero attached hydrogens (tertiary/aromatic N) is 2. The summed E-state index contributed by atoms with van der Waals surface area (Å²) in [5.41, 5.74) is 8.30. The maximum Gasteiger partial charge on any atom is 0.0372 e. The van der Waals surface area contributed by atoms with Gasteiger partial charge in [0, 0.05) is 25.0 Å². The summed E-state index contributed by atoms with van der Waals surface area (Å²) < 4.78 is 0. The van der Waals surface area contributed by atoms with Crippen molar-refractivity contribution in [3.05, 3.63) is 29.6 Å². The Kier molecular flexibility index (Phi) is 5.09. The monoisotopic (exact) mass is 235 g/mol. The van der Waals surface area contributed by atoms with E-state index in [1.54, 1.807) is 0 Å². The van der Waals surface area contributed by atoms with Crippen LogP contribution in [0.2, 0.25) is 0 Å². The molecule has 0 saturated heterocycles. The lowest BCUT2D eigenvalue weighted by atomic mass is 9.93. The summed E-state index contributed by atoms with van der Waals surface area (Å²) in [6.45, 7) is 12.4. The van der Waals surface area contributed by atoms with Crippen LogP contribution < -0.4 is 5.73 Å². The molecule has 1 aromatic rings. The summed E-state index contributed by atoms with van der Waals surface area (Å²) in [7, 11) is 0. The van der Waals surface area contributed by atoms with Gasteiger partial charge in [-0.2, -0.15) is 0 Å². The van der Waals surface area contributed by atoms with Gasteiger partial charge in [-0.1, -0.05) is 26.8 Å². The Balaban J connectivity index is 2.61. The lowest BCUT2D eigenvalue weighted by Gasteiger charge is -2.31. The van der Waals surface area contributed by atoms with Gasteiger partial charge in [-0.15, -0.1) is 0 Å². The van der Waals surface area contributed by atoms with Gasteiger partial charge in [0.1, 0.15) is 0 Å². The quantitative estimate of drug-likeness (QED) is 0.822. The van der Waals surface area contributed by atoms with Gasteiger partial charge in [0.15, 0.2) is 0 Å². The number of nitrogens with two attached hydrogens (primary N) is 1. The third kappa shape index (κ3) is 4.84. The number of aryl methyl sites for hydroxylation is 1. The molecule has 2 N–H and O–H groups in total. The maximum atomic E-state index is 5.78. The Morgan fingerprint density at radius 1 is 1.35 bits per heavy atom. The van der Waals surface area contributed by atoms with Crippen molar-refractivity contribution in [2.45, 2.75) is 34.2 Å². The summed E-state index contributed by atoms with van der Waals surface area (Å²) >= 11 is 0.